The molecule has 20 heavy (non-hydrogen) atoms. The van der Waals surface area contributed by atoms with Gasteiger partial charge in [0.05, 0.1) is 25.7 Å². The molecule has 0 aliphatic heterocycles. The molecule has 0 saturated heterocycles. The number of methoxy groups -OCH3 is 2. The fourth-order valence-electron chi connectivity index (χ4n) is 1.70. The third-order valence-corrected chi connectivity index (χ3v) is 4.55. The fourth-order valence-corrected chi connectivity index (χ4v) is 3.10. The second-order valence-electron chi connectivity index (χ2n) is 4.41. The number of ether oxygens (including phenoxy) is 2. The zero-order valence-electron chi connectivity index (χ0n) is 12.1. The summed E-state index contributed by atoms with van der Waals surface area (Å²) in [4.78, 5) is 0.0412. The predicted molar refractivity (Wildman–Crippen MR) is 75.5 cm³/mol. The van der Waals surface area contributed by atoms with Gasteiger partial charge in [-0.3, -0.25) is 0 Å². The quantitative estimate of drug-likeness (QED) is 0.792. The minimum absolute atomic E-state index is 0.0412. The van der Waals surface area contributed by atoms with Crippen LogP contribution in [-0.4, -0.2) is 33.8 Å². The average Bonchev–Trinajstić information content (AvgIpc) is 2.44. The Labute approximate surface area is 119 Å². The Hall–Kier alpha value is -1.31. The Morgan fingerprint density at radius 3 is 2.40 bits per heavy atom. The van der Waals surface area contributed by atoms with E-state index >= 15 is 0 Å². The zero-order chi connectivity index (χ0) is 15.3. The van der Waals surface area contributed by atoms with Crippen molar-refractivity contribution in [1.82, 2.24) is 4.72 Å². The lowest BCUT2D eigenvalue weighted by Crippen LogP contribution is -2.32. The summed E-state index contributed by atoms with van der Waals surface area (Å²) in [6.45, 7) is 3.33. The summed E-state index contributed by atoms with van der Waals surface area (Å²) < 4.78 is 37.3. The maximum Gasteiger partial charge on any atom is 0.240 e. The van der Waals surface area contributed by atoms with Crippen molar-refractivity contribution in [3.05, 3.63) is 17.7 Å². The molecule has 2 N–H and O–H groups in total. The Morgan fingerprint density at radius 1 is 1.30 bits per heavy atom. The van der Waals surface area contributed by atoms with Gasteiger partial charge in [0.25, 0.3) is 0 Å². The van der Waals surface area contributed by atoms with E-state index in [1.165, 1.54) is 26.4 Å². The van der Waals surface area contributed by atoms with Crippen LogP contribution in [-0.2, 0) is 16.6 Å². The fraction of sp³-hybridized carbons (Fsp3) is 0.538. The van der Waals surface area contributed by atoms with Gasteiger partial charge >= 0.3 is 0 Å². The van der Waals surface area contributed by atoms with Crippen molar-refractivity contribution in [2.24, 2.45) is 0 Å². The molecule has 0 aliphatic rings. The average molecular weight is 303 g/mol. The molecule has 0 fully saturated rings. The van der Waals surface area contributed by atoms with Gasteiger partial charge in [0, 0.05) is 17.7 Å². The van der Waals surface area contributed by atoms with Gasteiger partial charge in [-0.05, 0) is 19.4 Å². The van der Waals surface area contributed by atoms with Crippen molar-refractivity contribution >= 4 is 10.0 Å². The largest absolute Gasteiger partial charge is 0.493 e. The lowest BCUT2D eigenvalue weighted by molar-refractivity contribution is 0.269. The molecule has 7 heteroatoms. The highest BCUT2D eigenvalue weighted by molar-refractivity contribution is 7.89. The van der Waals surface area contributed by atoms with Crippen LogP contribution in [0.1, 0.15) is 25.8 Å². The summed E-state index contributed by atoms with van der Waals surface area (Å²) in [5.41, 5.74) is 0.358. The van der Waals surface area contributed by atoms with Gasteiger partial charge in [-0.15, -0.1) is 0 Å². The number of hydrogen-bond donors (Lipinski definition) is 2. The zero-order valence-corrected chi connectivity index (χ0v) is 13.0. The highest BCUT2D eigenvalue weighted by Gasteiger charge is 2.21. The number of hydrogen-bond acceptors (Lipinski definition) is 5. The van der Waals surface area contributed by atoms with Crippen molar-refractivity contribution in [1.29, 1.82) is 0 Å². The van der Waals surface area contributed by atoms with E-state index in [-0.39, 0.29) is 23.3 Å². The van der Waals surface area contributed by atoms with E-state index in [1.807, 2.05) is 6.92 Å². The van der Waals surface area contributed by atoms with Crippen molar-refractivity contribution in [2.75, 3.05) is 14.2 Å². The predicted octanol–water partition coefficient (Wildman–Crippen LogP) is 1.27. The van der Waals surface area contributed by atoms with E-state index in [4.69, 9.17) is 9.47 Å². The first-order chi connectivity index (χ1) is 9.39. The maximum absolute atomic E-state index is 12.2. The number of aliphatic hydroxyl groups excluding tert-OH is 1. The van der Waals surface area contributed by atoms with Crippen molar-refractivity contribution in [3.8, 4) is 11.5 Å². The third kappa shape index (κ3) is 3.62. The maximum atomic E-state index is 12.2. The summed E-state index contributed by atoms with van der Waals surface area (Å²) >= 11 is 0. The standard InChI is InChI=1S/C13H21NO5S/c1-5-9(2)14-20(16,17)11-6-10(8-15)13(19-4)12(7-11)18-3/h6-7,9,14-15H,5,8H2,1-4H3. The molecule has 0 heterocycles. The van der Waals surface area contributed by atoms with Crippen LogP contribution in [0.25, 0.3) is 0 Å². The van der Waals surface area contributed by atoms with E-state index in [9.17, 15) is 13.5 Å². The molecule has 0 bridgehead atoms. The monoisotopic (exact) mass is 303 g/mol. The summed E-state index contributed by atoms with van der Waals surface area (Å²) in [5, 5.41) is 9.34. The van der Waals surface area contributed by atoms with Crippen LogP contribution in [0.15, 0.2) is 17.0 Å². The number of benzene rings is 1. The lowest BCUT2D eigenvalue weighted by atomic mass is 10.2. The summed E-state index contributed by atoms with van der Waals surface area (Å²) in [5.74, 6) is 0.598. The Kier molecular flexibility index (Phi) is 5.79. The summed E-state index contributed by atoms with van der Waals surface area (Å²) in [7, 11) is -0.811. The van der Waals surface area contributed by atoms with Gasteiger partial charge in [0.15, 0.2) is 11.5 Å². The van der Waals surface area contributed by atoms with Gasteiger partial charge in [0.2, 0.25) is 10.0 Å². The van der Waals surface area contributed by atoms with Crippen molar-refractivity contribution < 1.29 is 23.0 Å². The van der Waals surface area contributed by atoms with Gasteiger partial charge in [0.1, 0.15) is 0 Å². The minimum Gasteiger partial charge on any atom is -0.493 e. The molecular weight excluding hydrogens is 282 g/mol. The van der Waals surface area contributed by atoms with Gasteiger partial charge in [-0.2, -0.15) is 0 Å². The van der Waals surface area contributed by atoms with E-state index in [0.717, 1.165) is 0 Å². The van der Waals surface area contributed by atoms with Crippen LogP contribution in [0, 0.1) is 0 Å². The van der Waals surface area contributed by atoms with Crippen LogP contribution < -0.4 is 14.2 Å². The number of sulfonamides is 1. The highest BCUT2D eigenvalue weighted by atomic mass is 32.2. The van der Waals surface area contributed by atoms with Crippen LogP contribution in [0.2, 0.25) is 0 Å². The SMILES string of the molecule is CCC(C)NS(=O)(=O)c1cc(CO)c(OC)c(OC)c1. The van der Waals surface area contributed by atoms with Crippen LogP contribution in [0.5, 0.6) is 11.5 Å². The minimum atomic E-state index is -3.66. The van der Waals surface area contributed by atoms with Crippen molar-refractivity contribution in [3.63, 3.8) is 0 Å². The Bertz CT molecular complexity index is 531. The van der Waals surface area contributed by atoms with E-state index in [0.29, 0.717) is 17.7 Å². The smallest absolute Gasteiger partial charge is 0.240 e. The van der Waals surface area contributed by atoms with Gasteiger partial charge < -0.3 is 14.6 Å². The van der Waals surface area contributed by atoms with Crippen LogP contribution in [0.3, 0.4) is 0 Å². The number of aliphatic hydroxyl groups is 1. The molecule has 1 aromatic rings. The lowest BCUT2D eigenvalue weighted by Gasteiger charge is -2.16. The Balaban J connectivity index is 3.32. The molecule has 1 rings (SSSR count). The summed E-state index contributed by atoms with van der Waals surface area (Å²) in [6, 6.07) is 2.58. The third-order valence-electron chi connectivity index (χ3n) is 2.98. The topological polar surface area (TPSA) is 84.9 Å². The molecule has 0 amide bonds. The first-order valence-electron chi connectivity index (χ1n) is 6.27. The molecule has 0 radical (unpaired) electrons. The molecular formula is C13H21NO5S. The molecule has 1 unspecified atom stereocenters. The molecule has 1 atom stereocenters. The Morgan fingerprint density at radius 2 is 1.95 bits per heavy atom. The van der Waals surface area contributed by atoms with Crippen LogP contribution >= 0.6 is 0 Å². The number of rotatable bonds is 7. The van der Waals surface area contributed by atoms with Gasteiger partial charge in [-0.25, -0.2) is 13.1 Å². The summed E-state index contributed by atoms with van der Waals surface area (Å²) in [6.07, 6.45) is 0.680. The molecule has 0 saturated carbocycles. The van der Waals surface area contributed by atoms with Crippen molar-refractivity contribution in [2.45, 2.75) is 37.8 Å². The first kappa shape index (κ1) is 16.7. The molecule has 6 nitrogen and oxygen atoms in total. The molecule has 0 aliphatic carbocycles. The second kappa shape index (κ2) is 6.92. The second-order valence-corrected chi connectivity index (χ2v) is 6.12. The van der Waals surface area contributed by atoms with E-state index < -0.39 is 10.0 Å². The molecule has 0 aromatic heterocycles. The van der Waals surface area contributed by atoms with Crippen LogP contribution in [0.4, 0.5) is 0 Å². The highest BCUT2D eigenvalue weighted by Crippen LogP contribution is 2.34. The van der Waals surface area contributed by atoms with E-state index in [2.05, 4.69) is 4.72 Å². The van der Waals surface area contributed by atoms with Gasteiger partial charge in [-0.1, -0.05) is 6.92 Å². The molecule has 1 aromatic carbocycles. The first-order valence-corrected chi connectivity index (χ1v) is 7.76. The number of nitrogens with one attached hydrogen (secondary N) is 1. The molecule has 0 spiro atoms. The van der Waals surface area contributed by atoms with E-state index in [1.54, 1.807) is 6.92 Å². The molecule has 114 valence electrons. The normalized spacial score (nSPS) is 13.1.